The van der Waals surface area contributed by atoms with Crippen molar-refractivity contribution in [2.75, 3.05) is 6.54 Å². The van der Waals surface area contributed by atoms with Crippen molar-refractivity contribution in [1.29, 1.82) is 0 Å². The molecule has 0 amide bonds. The largest absolute Gasteiger partial charge is 0.360 e. The number of nitrogens with two attached hydrogens (primary N) is 1. The average molecular weight is 316 g/mol. The lowest BCUT2D eigenvalue weighted by atomic mass is 10.1. The van der Waals surface area contributed by atoms with Crippen molar-refractivity contribution in [2.24, 2.45) is 5.73 Å². The lowest BCUT2D eigenvalue weighted by molar-refractivity contribution is 0.837. The summed E-state index contributed by atoms with van der Waals surface area (Å²) < 4.78 is 0. The second-order valence-corrected chi connectivity index (χ2v) is 4.36. The number of H-pyrrole nitrogens is 1. The van der Waals surface area contributed by atoms with Gasteiger partial charge >= 0.3 is 0 Å². The first-order valence-corrected chi connectivity index (χ1v) is 5.63. The molecule has 1 aromatic heterocycles. The summed E-state index contributed by atoms with van der Waals surface area (Å²) in [7, 11) is 0. The summed E-state index contributed by atoms with van der Waals surface area (Å²) in [5.41, 5.74) is 7.66. The van der Waals surface area contributed by atoms with E-state index < -0.39 is 0 Å². The molecule has 0 saturated carbocycles. The summed E-state index contributed by atoms with van der Waals surface area (Å²) in [6.45, 7) is 0.695. The lowest BCUT2D eigenvalue weighted by Crippen LogP contribution is -1.99. The van der Waals surface area contributed by atoms with Crippen molar-refractivity contribution >= 4 is 58.9 Å². The maximum Gasteiger partial charge on any atom is 0.0661 e. The molecule has 1 aromatic carbocycles. The Morgan fingerprint density at radius 1 is 1.18 bits per heavy atom. The second-order valence-electron chi connectivity index (χ2n) is 3.52. The van der Waals surface area contributed by atoms with E-state index in [0.29, 0.717) is 16.6 Å². The van der Waals surface area contributed by atoms with E-state index in [-0.39, 0.29) is 24.8 Å². The molecule has 0 unspecified atom stereocenters. The van der Waals surface area contributed by atoms with E-state index in [1.54, 1.807) is 6.07 Å². The molecule has 2 nitrogen and oxygen atoms in total. The first-order valence-electron chi connectivity index (χ1n) is 4.87. The number of hydrogen-bond acceptors (Lipinski definition) is 1. The Kier molecular flexibility index (Phi) is 7.29. The van der Waals surface area contributed by atoms with Crippen LogP contribution < -0.4 is 5.73 Å². The molecular weight excluding hydrogens is 302 g/mol. The van der Waals surface area contributed by atoms with Gasteiger partial charge in [-0.1, -0.05) is 23.2 Å². The van der Waals surface area contributed by atoms with Crippen LogP contribution in [0.15, 0.2) is 18.3 Å². The Hall–Kier alpha value is -0.120. The summed E-state index contributed by atoms with van der Waals surface area (Å²) >= 11 is 12.0. The van der Waals surface area contributed by atoms with Crippen molar-refractivity contribution in [3.05, 3.63) is 33.9 Å². The van der Waals surface area contributed by atoms with Gasteiger partial charge in [-0.05, 0) is 37.1 Å². The fourth-order valence-electron chi connectivity index (χ4n) is 1.71. The van der Waals surface area contributed by atoms with E-state index in [1.807, 2.05) is 12.3 Å². The van der Waals surface area contributed by atoms with Gasteiger partial charge in [0.2, 0.25) is 0 Å². The zero-order valence-corrected chi connectivity index (χ0v) is 12.1. The predicted molar refractivity (Wildman–Crippen MR) is 80.2 cm³/mol. The highest BCUT2D eigenvalue weighted by Gasteiger charge is 2.07. The minimum Gasteiger partial charge on any atom is -0.360 e. The topological polar surface area (TPSA) is 41.8 Å². The second kappa shape index (κ2) is 7.34. The van der Waals surface area contributed by atoms with E-state index in [2.05, 4.69) is 4.98 Å². The number of nitrogens with one attached hydrogen (secondary N) is 1. The molecule has 2 rings (SSSR count). The summed E-state index contributed by atoms with van der Waals surface area (Å²) in [6.07, 6.45) is 3.90. The summed E-state index contributed by atoms with van der Waals surface area (Å²) in [6, 6.07) is 3.68. The molecule has 2 aromatic rings. The standard InChI is InChI=1S/C11H12Cl2N2.2ClH/c12-8-4-9-7(2-1-3-14)6-15-11(9)10(13)5-8;;/h4-6,15H,1-3,14H2;2*1H. The van der Waals surface area contributed by atoms with E-state index in [0.717, 1.165) is 23.7 Å². The van der Waals surface area contributed by atoms with Crippen molar-refractivity contribution < 1.29 is 0 Å². The van der Waals surface area contributed by atoms with Gasteiger partial charge in [0.25, 0.3) is 0 Å². The Morgan fingerprint density at radius 3 is 2.53 bits per heavy atom. The van der Waals surface area contributed by atoms with Gasteiger partial charge in [0.05, 0.1) is 10.5 Å². The minimum atomic E-state index is 0. The van der Waals surface area contributed by atoms with Crippen LogP contribution in [-0.2, 0) is 6.42 Å². The molecule has 0 aliphatic rings. The number of rotatable bonds is 3. The van der Waals surface area contributed by atoms with Crippen molar-refractivity contribution in [1.82, 2.24) is 4.98 Å². The fourth-order valence-corrected chi connectivity index (χ4v) is 2.26. The molecule has 3 N–H and O–H groups in total. The highest BCUT2D eigenvalue weighted by molar-refractivity contribution is 6.38. The molecule has 0 aliphatic carbocycles. The van der Waals surface area contributed by atoms with Crippen LogP contribution in [0, 0.1) is 0 Å². The molecule has 0 atom stereocenters. The lowest BCUT2D eigenvalue weighted by Gasteiger charge is -1.99. The Bertz CT molecular complexity index is 482. The smallest absolute Gasteiger partial charge is 0.0661 e. The van der Waals surface area contributed by atoms with Crippen LogP contribution in [0.1, 0.15) is 12.0 Å². The molecular formula is C11H14Cl4N2. The predicted octanol–water partition coefficient (Wildman–Crippen LogP) is 4.21. The number of benzene rings is 1. The van der Waals surface area contributed by atoms with Crippen LogP contribution in [0.5, 0.6) is 0 Å². The Morgan fingerprint density at radius 2 is 1.88 bits per heavy atom. The number of fused-ring (bicyclic) bond motifs is 1. The van der Waals surface area contributed by atoms with Crippen LogP contribution in [0.25, 0.3) is 10.9 Å². The zero-order chi connectivity index (χ0) is 10.8. The monoisotopic (exact) mass is 314 g/mol. The number of aromatic nitrogens is 1. The number of aromatic amines is 1. The zero-order valence-electron chi connectivity index (χ0n) is 9.00. The minimum absolute atomic E-state index is 0. The van der Waals surface area contributed by atoms with E-state index in [9.17, 15) is 0 Å². The third kappa shape index (κ3) is 3.67. The molecule has 0 bridgehead atoms. The molecule has 0 radical (unpaired) electrons. The van der Waals surface area contributed by atoms with Crippen molar-refractivity contribution in [2.45, 2.75) is 12.8 Å². The molecule has 0 saturated heterocycles. The third-order valence-corrected chi connectivity index (χ3v) is 2.96. The van der Waals surface area contributed by atoms with Gasteiger partial charge in [-0.3, -0.25) is 0 Å². The number of hydrogen-bond donors (Lipinski definition) is 2. The summed E-state index contributed by atoms with van der Waals surface area (Å²) in [5, 5.41) is 2.43. The van der Waals surface area contributed by atoms with E-state index >= 15 is 0 Å². The average Bonchev–Trinajstić information content (AvgIpc) is 2.58. The van der Waals surface area contributed by atoms with Crippen molar-refractivity contribution in [3.63, 3.8) is 0 Å². The molecule has 0 spiro atoms. The van der Waals surface area contributed by atoms with Crippen LogP contribution in [0.4, 0.5) is 0 Å². The Balaban J connectivity index is 0.00000128. The molecule has 1 heterocycles. The van der Waals surface area contributed by atoms with Gasteiger partial charge in [-0.25, -0.2) is 0 Å². The fraction of sp³-hybridized carbons (Fsp3) is 0.273. The quantitative estimate of drug-likeness (QED) is 0.875. The van der Waals surface area contributed by atoms with Gasteiger partial charge in [0.15, 0.2) is 0 Å². The highest BCUT2D eigenvalue weighted by atomic mass is 35.5. The van der Waals surface area contributed by atoms with E-state index in [1.165, 1.54) is 5.56 Å². The van der Waals surface area contributed by atoms with Gasteiger partial charge in [-0.2, -0.15) is 0 Å². The molecule has 0 aliphatic heterocycles. The highest BCUT2D eigenvalue weighted by Crippen LogP contribution is 2.29. The van der Waals surface area contributed by atoms with Crippen LogP contribution in [0.2, 0.25) is 10.0 Å². The summed E-state index contributed by atoms with van der Waals surface area (Å²) in [5.74, 6) is 0. The number of halogens is 4. The number of aryl methyl sites for hydroxylation is 1. The molecule has 0 fully saturated rings. The first-order chi connectivity index (χ1) is 7.22. The third-order valence-electron chi connectivity index (χ3n) is 2.44. The van der Waals surface area contributed by atoms with E-state index in [4.69, 9.17) is 28.9 Å². The summed E-state index contributed by atoms with van der Waals surface area (Å²) in [4.78, 5) is 3.16. The van der Waals surface area contributed by atoms with Crippen molar-refractivity contribution in [3.8, 4) is 0 Å². The van der Waals surface area contributed by atoms with Gasteiger partial charge < -0.3 is 10.7 Å². The van der Waals surface area contributed by atoms with Crippen LogP contribution in [-0.4, -0.2) is 11.5 Å². The van der Waals surface area contributed by atoms with Gasteiger partial charge in [0.1, 0.15) is 0 Å². The Labute approximate surface area is 123 Å². The van der Waals surface area contributed by atoms with Gasteiger partial charge in [0, 0.05) is 16.6 Å². The molecule has 6 heteroatoms. The van der Waals surface area contributed by atoms with Crippen LogP contribution in [0.3, 0.4) is 0 Å². The molecule has 17 heavy (non-hydrogen) atoms. The maximum atomic E-state index is 6.07. The SMILES string of the molecule is Cl.Cl.NCCCc1c[nH]c2c(Cl)cc(Cl)cc12. The first kappa shape index (κ1) is 16.9. The maximum absolute atomic E-state index is 6.07. The van der Waals surface area contributed by atoms with Gasteiger partial charge in [-0.15, -0.1) is 24.8 Å². The van der Waals surface area contributed by atoms with Crippen LogP contribution >= 0.6 is 48.0 Å². The normalized spacial score (nSPS) is 9.82. The molecule has 96 valence electrons.